The molecule has 0 bridgehead atoms. The van der Waals surface area contributed by atoms with Gasteiger partial charge in [-0.25, -0.2) is 0 Å². The van der Waals surface area contributed by atoms with Crippen molar-refractivity contribution in [3.05, 3.63) is 125 Å². The van der Waals surface area contributed by atoms with Crippen molar-refractivity contribution in [1.29, 1.82) is 0 Å². The van der Waals surface area contributed by atoms with Gasteiger partial charge in [-0.3, -0.25) is 0 Å². The van der Waals surface area contributed by atoms with Crippen molar-refractivity contribution in [2.45, 2.75) is 6.16 Å². The molecule has 0 radical (unpaired) electrons. The Balaban J connectivity index is 2.07. The van der Waals surface area contributed by atoms with Crippen LogP contribution < -0.4 is 15.9 Å². The fourth-order valence-electron chi connectivity index (χ4n) is 3.70. The molecule has 0 aliphatic rings. The summed E-state index contributed by atoms with van der Waals surface area (Å²) in [6.07, 6.45) is 0.891. The molecule has 0 fully saturated rings. The highest BCUT2D eigenvalue weighted by Crippen LogP contribution is 2.59. The summed E-state index contributed by atoms with van der Waals surface area (Å²) in [4.78, 5) is 0. The van der Waals surface area contributed by atoms with Crippen molar-refractivity contribution in [3.63, 3.8) is 0 Å². The third-order valence-corrected chi connectivity index (χ3v) is 10.3. The lowest BCUT2D eigenvalue weighted by molar-refractivity contribution is 1.39. The largest absolute Gasteiger partial charge is 0.125 e. The highest BCUT2D eigenvalue weighted by molar-refractivity contribution is 7.95. The minimum Gasteiger partial charge on any atom is -0.0826 e. The molecule has 0 N–H and O–H groups in total. The molecule has 28 heavy (non-hydrogen) atoms. The maximum absolute atomic E-state index is 6.84. The third kappa shape index (κ3) is 3.61. The molecule has 0 spiro atoms. The second-order valence-electron chi connectivity index (χ2n) is 6.70. The van der Waals surface area contributed by atoms with E-state index in [-0.39, 0.29) is 0 Å². The van der Waals surface area contributed by atoms with E-state index >= 15 is 0 Å². The lowest BCUT2D eigenvalue weighted by Gasteiger charge is -2.28. The molecular weight excluding hydrogens is 402 g/mol. The number of halogens is 2. The molecule has 0 saturated carbocycles. The highest BCUT2D eigenvalue weighted by atomic mass is 35.5. The number of hydrogen-bond acceptors (Lipinski definition) is 0. The van der Waals surface area contributed by atoms with Gasteiger partial charge in [-0.2, -0.15) is 0 Å². The first-order chi connectivity index (χ1) is 13.7. The van der Waals surface area contributed by atoms with Crippen LogP contribution in [0, 0.1) is 0 Å². The van der Waals surface area contributed by atoms with Gasteiger partial charge < -0.3 is 0 Å². The number of hydrogen-bond donors (Lipinski definition) is 0. The molecule has 0 aliphatic carbocycles. The molecular formula is C25H20Cl2P+. The monoisotopic (exact) mass is 421 g/mol. The Bertz CT molecular complexity index is 1010. The summed E-state index contributed by atoms with van der Waals surface area (Å²) in [5, 5.41) is 4.98. The Labute approximate surface area is 177 Å². The molecule has 0 saturated heterocycles. The van der Waals surface area contributed by atoms with Crippen LogP contribution in [0.25, 0.3) is 0 Å². The van der Waals surface area contributed by atoms with Gasteiger partial charge in [0.25, 0.3) is 0 Å². The molecule has 0 unspecified atom stereocenters. The number of benzene rings is 4. The predicted octanol–water partition coefficient (Wildman–Crippen LogP) is 6.49. The van der Waals surface area contributed by atoms with Crippen LogP contribution in [0.1, 0.15) is 5.56 Å². The molecule has 0 aliphatic heterocycles. The van der Waals surface area contributed by atoms with Gasteiger partial charge in [-0.15, -0.1) is 0 Å². The molecule has 0 heterocycles. The topological polar surface area (TPSA) is 0 Å². The van der Waals surface area contributed by atoms with Crippen LogP contribution in [0.5, 0.6) is 0 Å². The van der Waals surface area contributed by atoms with Crippen molar-refractivity contribution in [2.24, 2.45) is 0 Å². The van der Waals surface area contributed by atoms with Gasteiger partial charge in [0, 0.05) is 0 Å². The Morgan fingerprint density at radius 1 is 0.536 bits per heavy atom. The summed E-state index contributed by atoms with van der Waals surface area (Å²) in [7, 11) is -2.06. The second kappa shape index (κ2) is 8.50. The third-order valence-electron chi connectivity index (χ3n) is 5.00. The van der Waals surface area contributed by atoms with E-state index in [2.05, 4.69) is 97.1 Å². The zero-order chi connectivity index (χ0) is 19.4. The molecule has 0 aromatic heterocycles. The van der Waals surface area contributed by atoms with E-state index in [1.54, 1.807) is 0 Å². The van der Waals surface area contributed by atoms with Crippen LogP contribution in [0.3, 0.4) is 0 Å². The second-order valence-corrected chi connectivity index (χ2v) is 10.9. The van der Waals surface area contributed by atoms with Crippen LogP contribution in [-0.4, -0.2) is 0 Å². The van der Waals surface area contributed by atoms with Gasteiger partial charge >= 0.3 is 0 Å². The van der Waals surface area contributed by atoms with E-state index in [0.717, 1.165) is 11.5 Å². The first-order valence-electron chi connectivity index (χ1n) is 9.19. The first kappa shape index (κ1) is 19.2. The predicted molar refractivity (Wildman–Crippen MR) is 125 cm³/mol. The minimum absolute atomic E-state index is 0.600. The summed E-state index contributed by atoms with van der Waals surface area (Å²) in [6.45, 7) is 0. The van der Waals surface area contributed by atoms with Crippen molar-refractivity contribution < 1.29 is 0 Å². The van der Waals surface area contributed by atoms with E-state index in [0.29, 0.717) is 10.0 Å². The van der Waals surface area contributed by atoms with Gasteiger partial charge in [0.05, 0.1) is 11.2 Å². The van der Waals surface area contributed by atoms with Gasteiger partial charge in [0.1, 0.15) is 28.2 Å². The van der Waals surface area contributed by atoms with E-state index in [1.165, 1.54) is 16.2 Å². The number of rotatable bonds is 5. The summed E-state index contributed by atoms with van der Waals surface area (Å²) >= 11 is 13.3. The molecule has 4 rings (SSSR count). The van der Waals surface area contributed by atoms with Gasteiger partial charge in [-0.05, 0) is 42.0 Å². The van der Waals surface area contributed by atoms with Crippen LogP contribution in [0.2, 0.25) is 10.0 Å². The average molecular weight is 422 g/mol. The normalized spacial score (nSPS) is 11.4. The van der Waals surface area contributed by atoms with E-state index < -0.39 is 7.26 Å². The van der Waals surface area contributed by atoms with Crippen LogP contribution in [-0.2, 0) is 6.16 Å². The maximum Gasteiger partial charge on any atom is 0.125 e. The van der Waals surface area contributed by atoms with Crippen molar-refractivity contribution in [1.82, 2.24) is 0 Å². The van der Waals surface area contributed by atoms with Gasteiger partial charge in [0.15, 0.2) is 0 Å². The Morgan fingerprint density at radius 2 is 1.04 bits per heavy atom. The molecule has 4 aromatic carbocycles. The zero-order valence-corrected chi connectivity index (χ0v) is 17.7. The maximum atomic E-state index is 6.84. The lowest BCUT2D eigenvalue weighted by Crippen LogP contribution is -2.33. The summed E-state index contributed by atoms with van der Waals surface area (Å²) < 4.78 is 0. The molecule has 4 aromatic rings. The minimum atomic E-state index is -2.06. The van der Waals surface area contributed by atoms with E-state index in [9.17, 15) is 0 Å². The zero-order valence-electron chi connectivity index (χ0n) is 15.3. The molecule has 0 amide bonds. The average Bonchev–Trinajstić information content (AvgIpc) is 2.76. The fourth-order valence-corrected chi connectivity index (χ4v) is 8.81. The summed E-state index contributed by atoms with van der Waals surface area (Å²) in [6, 6.07) is 38.1. The van der Waals surface area contributed by atoms with Crippen LogP contribution in [0.4, 0.5) is 0 Å². The quantitative estimate of drug-likeness (QED) is 0.323. The van der Waals surface area contributed by atoms with Crippen molar-refractivity contribution in [2.75, 3.05) is 0 Å². The van der Waals surface area contributed by atoms with E-state index in [4.69, 9.17) is 23.2 Å². The van der Waals surface area contributed by atoms with Gasteiger partial charge in [-0.1, -0.05) is 96.0 Å². The van der Waals surface area contributed by atoms with Crippen molar-refractivity contribution >= 4 is 46.4 Å². The van der Waals surface area contributed by atoms with E-state index in [1.807, 2.05) is 12.1 Å². The molecule has 3 heteroatoms. The Hall–Kier alpha value is -2.11. The molecule has 138 valence electrons. The Morgan fingerprint density at radius 3 is 1.57 bits per heavy atom. The SMILES string of the molecule is Clc1cccc([P+](Cc2ccccc2)(c2ccccc2)c2ccccc2)c1Cl. The lowest BCUT2D eigenvalue weighted by atomic mass is 10.2. The summed E-state index contributed by atoms with van der Waals surface area (Å²) in [5.74, 6) is 0. The first-order valence-corrected chi connectivity index (χ1v) is 11.9. The highest BCUT2D eigenvalue weighted by Gasteiger charge is 2.47. The molecule has 0 atom stereocenters. The Kier molecular flexibility index (Phi) is 5.83. The smallest absolute Gasteiger partial charge is 0.0826 e. The van der Waals surface area contributed by atoms with Gasteiger partial charge in [0.2, 0.25) is 0 Å². The van der Waals surface area contributed by atoms with Crippen LogP contribution >= 0.6 is 30.5 Å². The fraction of sp³-hybridized carbons (Fsp3) is 0.0400. The van der Waals surface area contributed by atoms with Crippen molar-refractivity contribution in [3.8, 4) is 0 Å². The van der Waals surface area contributed by atoms with Crippen LogP contribution in [0.15, 0.2) is 109 Å². The standard InChI is InChI=1S/C25H20Cl2P/c26-23-17-10-18-24(25(23)27)28(21-13-6-2-7-14-21,22-15-8-3-9-16-22)19-20-11-4-1-5-12-20/h1-18H,19H2/q+1. The summed E-state index contributed by atoms with van der Waals surface area (Å²) in [5.41, 5.74) is 1.29. The molecule has 0 nitrogen and oxygen atoms in total.